The Morgan fingerprint density at radius 3 is 2.67 bits per heavy atom. The van der Waals surface area contributed by atoms with Crippen LogP contribution in [0.3, 0.4) is 0 Å². The van der Waals surface area contributed by atoms with E-state index in [9.17, 15) is 13.2 Å². The van der Waals surface area contributed by atoms with Crippen LogP contribution in [0.2, 0.25) is 0 Å². The lowest BCUT2D eigenvalue weighted by Crippen LogP contribution is -2.38. The molecule has 0 aliphatic carbocycles. The molecule has 1 aromatic carbocycles. The van der Waals surface area contributed by atoms with Crippen molar-refractivity contribution >= 4 is 21.6 Å². The summed E-state index contributed by atoms with van der Waals surface area (Å²) in [4.78, 5) is 14.4. The summed E-state index contributed by atoms with van der Waals surface area (Å²) in [6, 6.07) is 5.20. The number of rotatable bonds is 1. The Hall–Kier alpha value is -1.76. The highest BCUT2D eigenvalue weighted by atomic mass is 32.2. The van der Waals surface area contributed by atoms with Crippen LogP contribution >= 0.6 is 0 Å². The first-order valence-electron chi connectivity index (χ1n) is 8.07. The van der Waals surface area contributed by atoms with Crippen LogP contribution in [-0.2, 0) is 20.0 Å². The topological polar surface area (TPSA) is 75.7 Å². The molecule has 0 bridgehead atoms. The van der Waals surface area contributed by atoms with Crippen molar-refractivity contribution in [2.24, 2.45) is 0 Å². The number of carbonyl (C=O) groups excluding carboxylic acids is 1. The Bertz CT molecular complexity index is 782. The first kappa shape index (κ1) is 17.1. The van der Waals surface area contributed by atoms with E-state index in [1.165, 1.54) is 6.26 Å². The van der Waals surface area contributed by atoms with Crippen LogP contribution in [0.1, 0.15) is 32.8 Å². The summed E-state index contributed by atoms with van der Waals surface area (Å²) in [5, 5.41) is 3.35. The smallest absolute Gasteiger partial charge is 0.410 e. The van der Waals surface area contributed by atoms with Crippen molar-refractivity contribution in [1.82, 2.24) is 4.90 Å². The predicted molar refractivity (Wildman–Crippen MR) is 92.1 cm³/mol. The van der Waals surface area contributed by atoms with Gasteiger partial charge < -0.3 is 15.0 Å². The minimum Gasteiger partial charge on any atom is -0.444 e. The molecule has 7 heteroatoms. The molecule has 1 N–H and O–H groups in total. The van der Waals surface area contributed by atoms with E-state index in [-0.39, 0.29) is 11.5 Å². The molecule has 1 fully saturated rings. The summed E-state index contributed by atoms with van der Waals surface area (Å²) < 4.78 is 29.2. The van der Waals surface area contributed by atoms with Gasteiger partial charge in [-0.15, -0.1) is 0 Å². The van der Waals surface area contributed by atoms with E-state index in [0.717, 1.165) is 17.7 Å². The van der Waals surface area contributed by atoms with E-state index >= 15 is 0 Å². The standard InChI is InChI=1S/C17H24N2O4S/c1-16(2,3)23-15(20)19-8-7-17(11-19)10-18-14-6-5-12(9-13(14)17)24(4,21)22/h5-6,9,18H,7-8,10-11H2,1-4H3. The predicted octanol–water partition coefficient (Wildman–Crippen LogP) is 2.39. The van der Waals surface area contributed by atoms with Crippen LogP contribution in [0.4, 0.5) is 10.5 Å². The molecule has 0 aromatic heterocycles. The highest BCUT2D eigenvalue weighted by molar-refractivity contribution is 7.90. The Labute approximate surface area is 143 Å². The molecule has 1 amide bonds. The van der Waals surface area contributed by atoms with Gasteiger partial charge in [0.1, 0.15) is 5.60 Å². The number of benzene rings is 1. The quantitative estimate of drug-likeness (QED) is 0.840. The van der Waals surface area contributed by atoms with Gasteiger partial charge in [0.25, 0.3) is 0 Å². The van der Waals surface area contributed by atoms with E-state index in [1.54, 1.807) is 17.0 Å². The third-order valence-corrected chi connectivity index (χ3v) is 5.72. The van der Waals surface area contributed by atoms with Crippen molar-refractivity contribution in [3.63, 3.8) is 0 Å². The van der Waals surface area contributed by atoms with Crippen LogP contribution in [0.25, 0.3) is 0 Å². The fraction of sp³-hybridized carbons (Fsp3) is 0.588. The van der Waals surface area contributed by atoms with E-state index in [2.05, 4.69) is 5.32 Å². The maximum Gasteiger partial charge on any atom is 0.410 e. The second-order valence-electron chi connectivity index (χ2n) is 7.77. The summed E-state index contributed by atoms with van der Waals surface area (Å²) in [6.45, 7) is 7.40. The minimum absolute atomic E-state index is 0.243. The summed E-state index contributed by atoms with van der Waals surface area (Å²) in [6.07, 6.45) is 1.69. The molecular formula is C17H24N2O4S. The molecule has 1 aromatic rings. The van der Waals surface area contributed by atoms with Gasteiger partial charge in [0.05, 0.1) is 4.90 Å². The zero-order chi connectivity index (χ0) is 17.8. The first-order chi connectivity index (χ1) is 11.0. The molecule has 2 aliphatic rings. The van der Waals surface area contributed by atoms with E-state index < -0.39 is 15.4 Å². The molecule has 2 heterocycles. The van der Waals surface area contributed by atoms with Crippen molar-refractivity contribution < 1.29 is 17.9 Å². The molecule has 1 spiro atoms. The molecule has 3 rings (SSSR count). The van der Waals surface area contributed by atoms with Crippen LogP contribution in [-0.4, -0.2) is 50.9 Å². The maximum absolute atomic E-state index is 12.3. The number of carbonyl (C=O) groups is 1. The Morgan fingerprint density at radius 1 is 1.33 bits per heavy atom. The fourth-order valence-electron chi connectivity index (χ4n) is 3.43. The third-order valence-electron chi connectivity index (χ3n) is 4.61. The molecule has 2 aliphatic heterocycles. The zero-order valence-corrected chi connectivity index (χ0v) is 15.4. The number of fused-ring (bicyclic) bond motifs is 2. The van der Waals surface area contributed by atoms with Gasteiger partial charge >= 0.3 is 6.09 Å². The number of ether oxygens (including phenoxy) is 1. The van der Waals surface area contributed by atoms with Crippen LogP contribution in [0.15, 0.2) is 23.1 Å². The number of sulfone groups is 1. The Kier molecular flexibility index (Phi) is 3.82. The van der Waals surface area contributed by atoms with Gasteiger partial charge in [-0.2, -0.15) is 0 Å². The molecule has 0 radical (unpaired) electrons. The summed E-state index contributed by atoms with van der Waals surface area (Å²) in [7, 11) is -3.26. The van der Waals surface area contributed by atoms with E-state index in [0.29, 0.717) is 24.5 Å². The molecule has 24 heavy (non-hydrogen) atoms. The lowest BCUT2D eigenvalue weighted by molar-refractivity contribution is 0.0285. The van der Waals surface area contributed by atoms with Crippen molar-refractivity contribution in [2.45, 2.75) is 43.1 Å². The number of likely N-dealkylation sites (tertiary alicyclic amines) is 1. The molecule has 1 atom stereocenters. The lowest BCUT2D eigenvalue weighted by atomic mass is 9.82. The maximum atomic E-state index is 12.3. The zero-order valence-electron chi connectivity index (χ0n) is 14.5. The summed E-state index contributed by atoms with van der Waals surface area (Å²) in [5.74, 6) is 0. The van der Waals surface area contributed by atoms with Gasteiger partial charge in [-0.25, -0.2) is 13.2 Å². The second-order valence-corrected chi connectivity index (χ2v) is 9.78. The normalized spacial score (nSPS) is 23.2. The van der Waals surface area contributed by atoms with Gasteiger partial charge in [0, 0.05) is 37.0 Å². The van der Waals surface area contributed by atoms with Gasteiger partial charge in [-0.1, -0.05) is 0 Å². The van der Waals surface area contributed by atoms with Gasteiger partial charge in [-0.3, -0.25) is 0 Å². The van der Waals surface area contributed by atoms with Crippen LogP contribution in [0.5, 0.6) is 0 Å². The molecule has 6 nitrogen and oxygen atoms in total. The molecule has 132 valence electrons. The number of anilines is 1. The van der Waals surface area contributed by atoms with Gasteiger partial charge in [-0.05, 0) is 51.0 Å². The number of nitrogens with zero attached hydrogens (tertiary/aromatic N) is 1. The number of nitrogens with one attached hydrogen (secondary N) is 1. The number of hydrogen-bond donors (Lipinski definition) is 1. The lowest BCUT2D eigenvalue weighted by Gasteiger charge is -2.27. The first-order valence-corrected chi connectivity index (χ1v) is 9.96. The van der Waals surface area contributed by atoms with Crippen LogP contribution < -0.4 is 5.32 Å². The number of hydrogen-bond acceptors (Lipinski definition) is 5. The van der Waals surface area contributed by atoms with Crippen molar-refractivity contribution in [1.29, 1.82) is 0 Å². The molecule has 0 saturated carbocycles. The molecule has 1 saturated heterocycles. The third kappa shape index (κ3) is 3.09. The summed E-state index contributed by atoms with van der Waals surface area (Å²) >= 11 is 0. The van der Waals surface area contributed by atoms with E-state index in [1.807, 2.05) is 26.8 Å². The van der Waals surface area contributed by atoms with E-state index in [4.69, 9.17) is 4.74 Å². The highest BCUT2D eigenvalue weighted by Crippen LogP contribution is 2.44. The highest BCUT2D eigenvalue weighted by Gasteiger charge is 2.46. The van der Waals surface area contributed by atoms with Crippen molar-refractivity contribution in [3.8, 4) is 0 Å². The summed E-state index contributed by atoms with van der Waals surface area (Å²) in [5.41, 5.74) is 1.17. The number of amides is 1. The Balaban J connectivity index is 1.87. The Morgan fingerprint density at radius 2 is 2.04 bits per heavy atom. The second kappa shape index (κ2) is 5.37. The average Bonchev–Trinajstić information content (AvgIpc) is 3.02. The van der Waals surface area contributed by atoms with Crippen molar-refractivity contribution in [3.05, 3.63) is 23.8 Å². The monoisotopic (exact) mass is 352 g/mol. The van der Waals surface area contributed by atoms with Crippen LogP contribution in [0, 0.1) is 0 Å². The molecular weight excluding hydrogens is 328 g/mol. The fourth-order valence-corrected chi connectivity index (χ4v) is 4.07. The van der Waals surface area contributed by atoms with Gasteiger partial charge in [0.2, 0.25) is 0 Å². The van der Waals surface area contributed by atoms with Crippen molar-refractivity contribution in [2.75, 3.05) is 31.2 Å². The largest absolute Gasteiger partial charge is 0.444 e. The SMILES string of the molecule is CC(C)(C)OC(=O)N1CCC2(CNc3ccc(S(C)(=O)=O)cc32)C1. The van der Waals surface area contributed by atoms with Gasteiger partial charge in [0.15, 0.2) is 9.84 Å². The average molecular weight is 352 g/mol. The minimum atomic E-state index is -3.26. The molecule has 1 unspecified atom stereocenters.